The Bertz CT molecular complexity index is 1050. The number of aryl methyl sites for hydroxylation is 2. The van der Waals surface area contributed by atoms with Gasteiger partial charge in [0.05, 0.1) is 11.4 Å². The highest BCUT2D eigenvalue weighted by atomic mass is 79.9. The summed E-state index contributed by atoms with van der Waals surface area (Å²) in [5, 5.41) is 0. The zero-order chi connectivity index (χ0) is 17.4. The molecule has 2 aromatic carbocycles. The molecule has 0 aliphatic carbocycles. The average molecular weight is 390 g/mol. The first-order chi connectivity index (χ1) is 12.1. The van der Waals surface area contributed by atoms with E-state index in [9.17, 15) is 0 Å². The van der Waals surface area contributed by atoms with Crippen LogP contribution in [0.2, 0.25) is 0 Å². The largest absolute Gasteiger partial charge is 0.242 e. The number of hydrogen-bond acceptors (Lipinski definition) is 3. The molecular formula is C21H16BrN3. The Morgan fingerprint density at radius 2 is 1.24 bits per heavy atom. The predicted molar refractivity (Wildman–Crippen MR) is 105 cm³/mol. The van der Waals surface area contributed by atoms with E-state index in [0.29, 0.717) is 5.65 Å². The SMILES string of the molecule is Cc1ccc(-c2nc3cc(Br)cnc3nc2-c2ccc(C)cc2)cc1. The maximum Gasteiger partial charge on any atom is 0.178 e. The smallest absolute Gasteiger partial charge is 0.178 e. The zero-order valence-corrected chi connectivity index (χ0v) is 15.6. The van der Waals surface area contributed by atoms with Crippen LogP contribution in [-0.4, -0.2) is 15.0 Å². The van der Waals surface area contributed by atoms with Crippen LogP contribution in [0.4, 0.5) is 0 Å². The molecule has 0 unspecified atom stereocenters. The standard InChI is InChI=1S/C21H16BrN3/c1-13-3-7-15(8-4-13)19-20(16-9-5-14(2)6-10-16)25-21-18(24-19)11-17(22)12-23-21/h3-12H,1-2H3. The van der Waals surface area contributed by atoms with Gasteiger partial charge in [0.25, 0.3) is 0 Å². The Morgan fingerprint density at radius 3 is 1.80 bits per heavy atom. The summed E-state index contributed by atoms with van der Waals surface area (Å²) in [7, 11) is 0. The fourth-order valence-electron chi connectivity index (χ4n) is 2.75. The van der Waals surface area contributed by atoms with Gasteiger partial charge in [-0.1, -0.05) is 59.7 Å². The van der Waals surface area contributed by atoms with Gasteiger partial charge in [-0.25, -0.2) is 15.0 Å². The van der Waals surface area contributed by atoms with Gasteiger partial charge < -0.3 is 0 Å². The summed E-state index contributed by atoms with van der Waals surface area (Å²) in [5.41, 5.74) is 7.68. The second kappa shape index (κ2) is 6.37. The Hall–Kier alpha value is -2.59. The number of pyridine rings is 1. The lowest BCUT2D eigenvalue weighted by atomic mass is 10.0. The molecule has 0 amide bonds. The van der Waals surface area contributed by atoms with E-state index in [4.69, 9.17) is 9.97 Å². The van der Waals surface area contributed by atoms with Crippen LogP contribution in [0.25, 0.3) is 33.7 Å². The van der Waals surface area contributed by atoms with E-state index in [1.54, 1.807) is 6.20 Å². The van der Waals surface area contributed by atoms with Gasteiger partial charge in [-0.3, -0.25) is 0 Å². The Kier molecular flexibility index (Phi) is 4.06. The number of fused-ring (bicyclic) bond motifs is 1. The first-order valence-corrected chi connectivity index (χ1v) is 8.87. The summed E-state index contributed by atoms with van der Waals surface area (Å²) in [6.07, 6.45) is 1.75. The van der Waals surface area contributed by atoms with Crippen molar-refractivity contribution in [3.05, 3.63) is 76.4 Å². The molecule has 0 bridgehead atoms. The summed E-state index contributed by atoms with van der Waals surface area (Å²) in [4.78, 5) is 14.1. The lowest BCUT2D eigenvalue weighted by Gasteiger charge is -2.11. The monoisotopic (exact) mass is 389 g/mol. The minimum atomic E-state index is 0.648. The van der Waals surface area contributed by atoms with E-state index in [1.807, 2.05) is 6.07 Å². The van der Waals surface area contributed by atoms with Crippen LogP contribution < -0.4 is 0 Å². The van der Waals surface area contributed by atoms with Crippen LogP contribution in [0, 0.1) is 13.8 Å². The molecule has 0 atom stereocenters. The van der Waals surface area contributed by atoms with Gasteiger partial charge in [0, 0.05) is 21.8 Å². The number of rotatable bonds is 2. The van der Waals surface area contributed by atoms with Gasteiger partial charge in [-0.2, -0.15) is 0 Å². The van der Waals surface area contributed by atoms with E-state index in [-0.39, 0.29) is 0 Å². The van der Waals surface area contributed by atoms with Crippen molar-refractivity contribution in [2.75, 3.05) is 0 Å². The second-order valence-electron chi connectivity index (χ2n) is 6.15. The normalized spacial score (nSPS) is 11.0. The Balaban J connectivity index is 2.01. The van der Waals surface area contributed by atoms with Crippen molar-refractivity contribution in [3.63, 3.8) is 0 Å². The van der Waals surface area contributed by atoms with Crippen LogP contribution >= 0.6 is 15.9 Å². The maximum absolute atomic E-state index is 4.88. The number of halogens is 1. The third kappa shape index (κ3) is 3.17. The van der Waals surface area contributed by atoms with E-state index in [2.05, 4.69) is 83.3 Å². The summed E-state index contributed by atoms with van der Waals surface area (Å²) in [6.45, 7) is 4.16. The minimum Gasteiger partial charge on any atom is -0.242 e. The fraction of sp³-hybridized carbons (Fsp3) is 0.0952. The van der Waals surface area contributed by atoms with Crippen LogP contribution in [-0.2, 0) is 0 Å². The molecule has 0 saturated carbocycles. The zero-order valence-electron chi connectivity index (χ0n) is 14.0. The molecule has 25 heavy (non-hydrogen) atoms. The van der Waals surface area contributed by atoms with Crippen molar-refractivity contribution in [1.82, 2.24) is 15.0 Å². The van der Waals surface area contributed by atoms with Gasteiger partial charge in [0.1, 0.15) is 5.52 Å². The molecule has 4 aromatic rings. The molecule has 4 heteroatoms. The van der Waals surface area contributed by atoms with Crippen molar-refractivity contribution in [2.24, 2.45) is 0 Å². The van der Waals surface area contributed by atoms with Gasteiger partial charge in [-0.05, 0) is 35.8 Å². The third-order valence-electron chi connectivity index (χ3n) is 4.14. The third-order valence-corrected chi connectivity index (χ3v) is 4.57. The lowest BCUT2D eigenvalue weighted by Crippen LogP contribution is -1.97. The highest BCUT2D eigenvalue weighted by Gasteiger charge is 2.14. The van der Waals surface area contributed by atoms with Gasteiger partial charge in [-0.15, -0.1) is 0 Å². The van der Waals surface area contributed by atoms with E-state index in [1.165, 1.54) is 11.1 Å². The molecule has 0 saturated heterocycles. The number of hydrogen-bond donors (Lipinski definition) is 0. The lowest BCUT2D eigenvalue weighted by molar-refractivity contribution is 1.22. The number of benzene rings is 2. The van der Waals surface area contributed by atoms with E-state index >= 15 is 0 Å². The van der Waals surface area contributed by atoms with Crippen molar-refractivity contribution < 1.29 is 0 Å². The summed E-state index contributed by atoms with van der Waals surface area (Å²) < 4.78 is 0.896. The first kappa shape index (κ1) is 15.9. The van der Waals surface area contributed by atoms with Crippen LogP contribution in [0.5, 0.6) is 0 Å². The van der Waals surface area contributed by atoms with Crippen LogP contribution in [0.15, 0.2) is 65.3 Å². The Morgan fingerprint density at radius 1 is 0.720 bits per heavy atom. The van der Waals surface area contributed by atoms with E-state index in [0.717, 1.165) is 32.5 Å². The summed E-state index contributed by atoms with van der Waals surface area (Å²) >= 11 is 3.46. The Labute approximate surface area is 154 Å². The van der Waals surface area contributed by atoms with Gasteiger partial charge in [0.15, 0.2) is 5.65 Å². The van der Waals surface area contributed by atoms with Crippen LogP contribution in [0.3, 0.4) is 0 Å². The topological polar surface area (TPSA) is 38.7 Å². The van der Waals surface area contributed by atoms with Gasteiger partial charge in [0.2, 0.25) is 0 Å². The van der Waals surface area contributed by atoms with Crippen molar-refractivity contribution in [3.8, 4) is 22.5 Å². The fourth-order valence-corrected chi connectivity index (χ4v) is 3.07. The molecular weight excluding hydrogens is 374 g/mol. The molecule has 0 fully saturated rings. The molecule has 0 spiro atoms. The highest BCUT2D eigenvalue weighted by molar-refractivity contribution is 9.10. The van der Waals surface area contributed by atoms with Crippen LogP contribution in [0.1, 0.15) is 11.1 Å². The molecule has 0 N–H and O–H groups in total. The quantitative estimate of drug-likeness (QED) is 0.438. The molecule has 3 nitrogen and oxygen atoms in total. The maximum atomic E-state index is 4.88. The molecule has 2 heterocycles. The number of aromatic nitrogens is 3. The summed E-state index contributed by atoms with van der Waals surface area (Å²) in [5.74, 6) is 0. The predicted octanol–water partition coefficient (Wildman–Crippen LogP) is 5.74. The highest BCUT2D eigenvalue weighted by Crippen LogP contribution is 2.31. The summed E-state index contributed by atoms with van der Waals surface area (Å²) in [6, 6.07) is 18.7. The molecule has 0 radical (unpaired) electrons. The number of nitrogens with zero attached hydrogens (tertiary/aromatic N) is 3. The molecule has 0 aliphatic rings. The molecule has 122 valence electrons. The van der Waals surface area contributed by atoms with Crippen molar-refractivity contribution in [1.29, 1.82) is 0 Å². The first-order valence-electron chi connectivity index (χ1n) is 8.07. The van der Waals surface area contributed by atoms with Crippen molar-refractivity contribution in [2.45, 2.75) is 13.8 Å². The van der Waals surface area contributed by atoms with Gasteiger partial charge >= 0.3 is 0 Å². The average Bonchev–Trinajstić information content (AvgIpc) is 2.62. The van der Waals surface area contributed by atoms with Crippen molar-refractivity contribution >= 4 is 27.1 Å². The minimum absolute atomic E-state index is 0.648. The molecule has 0 aliphatic heterocycles. The molecule has 4 rings (SSSR count). The molecule has 2 aromatic heterocycles. The second-order valence-corrected chi connectivity index (χ2v) is 7.06. The van der Waals surface area contributed by atoms with E-state index < -0.39 is 0 Å².